The molecule has 1 aromatic heterocycles. The Morgan fingerprint density at radius 3 is 2.74 bits per heavy atom. The predicted molar refractivity (Wildman–Crippen MR) is 74.9 cm³/mol. The highest BCUT2D eigenvalue weighted by molar-refractivity contribution is 5.95. The maximum Gasteiger partial charge on any atom is 0.339 e. The molecule has 106 valence electrons. The number of carbonyl (C=O) groups is 1. The standard InChI is InChI=1S/C14H22N2O3/c1-10-9-12(13(14(17)18)11(2)16-10)15-7-5-4-6-8-19-3/h9H,4-8H2,1-3H3,(H,15,16)(H,17,18). The summed E-state index contributed by atoms with van der Waals surface area (Å²) in [6.07, 6.45) is 3.08. The van der Waals surface area contributed by atoms with Crippen molar-refractivity contribution in [3.63, 3.8) is 0 Å². The minimum absolute atomic E-state index is 0.266. The molecule has 5 heteroatoms. The van der Waals surface area contributed by atoms with E-state index in [0.29, 0.717) is 11.4 Å². The third-order valence-corrected chi connectivity index (χ3v) is 2.88. The summed E-state index contributed by atoms with van der Waals surface area (Å²) < 4.78 is 4.98. The van der Waals surface area contributed by atoms with Crippen LogP contribution in [-0.4, -0.2) is 36.3 Å². The lowest BCUT2D eigenvalue weighted by Crippen LogP contribution is -2.11. The molecule has 5 nitrogen and oxygen atoms in total. The van der Waals surface area contributed by atoms with Gasteiger partial charge in [0.1, 0.15) is 5.56 Å². The Bertz CT molecular complexity index is 433. The first-order chi connectivity index (χ1) is 9.06. The molecule has 2 N–H and O–H groups in total. The number of unbranched alkanes of at least 4 members (excludes halogenated alkanes) is 2. The van der Waals surface area contributed by atoms with Crippen molar-refractivity contribution in [1.82, 2.24) is 4.98 Å². The number of nitrogens with one attached hydrogen (secondary N) is 1. The van der Waals surface area contributed by atoms with Gasteiger partial charge < -0.3 is 15.2 Å². The van der Waals surface area contributed by atoms with Crippen LogP contribution in [0.25, 0.3) is 0 Å². The van der Waals surface area contributed by atoms with E-state index in [1.54, 1.807) is 20.1 Å². The number of nitrogens with zero attached hydrogens (tertiary/aromatic N) is 1. The fourth-order valence-corrected chi connectivity index (χ4v) is 2.01. The van der Waals surface area contributed by atoms with Gasteiger partial charge in [0, 0.05) is 26.0 Å². The zero-order chi connectivity index (χ0) is 14.3. The minimum Gasteiger partial charge on any atom is -0.478 e. The van der Waals surface area contributed by atoms with E-state index in [2.05, 4.69) is 10.3 Å². The van der Waals surface area contributed by atoms with Gasteiger partial charge >= 0.3 is 5.97 Å². The molecule has 0 aliphatic heterocycles. The van der Waals surface area contributed by atoms with Crippen molar-refractivity contribution in [3.8, 4) is 0 Å². The van der Waals surface area contributed by atoms with E-state index in [1.165, 1.54) is 0 Å². The van der Waals surface area contributed by atoms with Crippen LogP contribution >= 0.6 is 0 Å². The molecule has 0 unspecified atom stereocenters. The molecular formula is C14H22N2O3. The topological polar surface area (TPSA) is 71.5 Å². The molecule has 1 aromatic rings. The molecule has 19 heavy (non-hydrogen) atoms. The van der Waals surface area contributed by atoms with Gasteiger partial charge in [-0.15, -0.1) is 0 Å². The normalized spacial score (nSPS) is 10.5. The van der Waals surface area contributed by atoms with Crippen LogP contribution in [0, 0.1) is 13.8 Å². The van der Waals surface area contributed by atoms with E-state index in [-0.39, 0.29) is 5.56 Å². The van der Waals surface area contributed by atoms with E-state index in [0.717, 1.165) is 38.1 Å². The average Bonchev–Trinajstić information content (AvgIpc) is 2.32. The summed E-state index contributed by atoms with van der Waals surface area (Å²) in [5.74, 6) is -0.938. The monoisotopic (exact) mass is 266 g/mol. The van der Waals surface area contributed by atoms with Crippen LogP contribution < -0.4 is 5.32 Å². The maximum absolute atomic E-state index is 11.2. The smallest absolute Gasteiger partial charge is 0.339 e. The van der Waals surface area contributed by atoms with Gasteiger partial charge in [-0.2, -0.15) is 0 Å². The predicted octanol–water partition coefficient (Wildman–Crippen LogP) is 2.63. The summed E-state index contributed by atoms with van der Waals surface area (Å²) in [6, 6.07) is 1.78. The molecule has 0 atom stereocenters. The average molecular weight is 266 g/mol. The quantitative estimate of drug-likeness (QED) is 0.708. The number of hydrogen-bond donors (Lipinski definition) is 2. The number of aromatic carboxylic acids is 1. The number of aryl methyl sites for hydroxylation is 2. The van der Waals surface area contributed by atoms with E-state index in [1.807, 2.05) is 6.92 Å². The summed E-state index contributed by atoms with van der Waals surface area (Å²) in [6.45, 7) is 5.11. The molecule has 0 aliphatic rings. The van der Waals surface area contributed by atoms with Crippen LogP contribution in [0.2, 0.25) is 0 Å². The molecule has 0 radical (unpaired) electrons. The van der Waals surface area contributed by atoms with Crippen LogP contribution in [0.15, 0.2) is 6.07 Å². The van der Waals surface area contributed by atoms with Crippen LogP contribution in [-0.2, 0) is 4.74 Å². The largest absolute Gasteiger partial charge is 0.478 e. The lowest BCUT2D eigenvalue weighted by molar-refractivity contribution is 0.0696. The Labute approximate surface area is 114 Å². The first-order valence-corrected chi connectivity index (χ1v) is 6.50. The highest BCUT2D eigenvalue weighted by Gasteiger charge is 2.14. The highest BCUT2D eigenvalue weighted by atomic mass is 16.5. The van der Waals surface area contributed by atoms with Gasteiger partial charge in [0.25, 0.3) is 0 Å². The lowest BCUT2D eigenvalue weighted by atomic mass is 10.1. The SMILES string of the molecule is COCCCCCNc1cc(C)nc(C)c1C(=O)O. The van der Waals surface area contributed by atoms with Crippen molar-refractivity contribution in [2.45, 2.75) is 33.1 Å². The molecule has 1 rings (SSSR count). The van der Waals surface area contributed by atoms with Gasteiger partial charge in [-0.05, 0) is 39.2 Å². The zero-order valence-electron chi connectivity index (χ0n) is 11.8. The van der Waals surface area contributed by atoms with Gasteiger partial charge in [0.2, 0.25) is 0 Å². The molecular weight excluding hydrogens is 244 g/mol. The number of hydrogen-bond acceptors (Lipinski definition) is 4. The van der Waals surface area contributed by atoms with Crippen molar-refractivity contribution in [2.75, 3.05) is 25.6 Å². The third-order valence-electron chi connectivity index (χ3n) is 2.88. The number of carboxylic acid groups (broad SMARTS) is 1. The number of ether oxygens (including phenoxy) is 1. The van der Waals surface area contributed by atoms with Gasteiger partial charge in [0.15, 0.2) is 0 Å². The molecule has 0 saturated carbocycles. The molecule has 0 amide bonds. The van der Waals surface area contributed by atoms with Crippen LogP contribution in [0.1, 0.15) is 41.0 Å². The fraction of sp³-hybridized carbons (Fsp3) is 0.571. The summed E-state index contributed by atoms with van der Waals surface area (Å²) in [5, 5.41) is 12.4. The Hall–Kier alpha value is -1.62. The molecule has 0 aliphatic carbocycles. The number of carboxylic acids is 1. The number of pyridine rings is 1. The van der Waals surface area contributed by atoms with Crippen LogP contribution in [0.4, 0.5) is 5.69 Å². The first kappa shape index (κ1) is 15.4. The molecule has 0 bridgehead atoms. The summed E-state index contributed by atoms with van der Waals surface area (Å²) in [4.78, 5) is 15.4. The molecule has 0 spiro atoms. The molecule has 0 saturated heterocycles. The van der Waals surface area contributed by atoms with Gasteiger partial charge in [-0.25, -0.2) is 4.79 Å². The second-order valence-electron chi connectivity index (χ2n) is 4.56. The van der Waals surface area contributed by atoms with Crippen molar-refractivity contribution < 1.29 is 14.6 Å². The van der Waals surface area contributed by atoms with E-state index in [4.69, 9.17) is 4.74 Å². The van der Waals surface area contributed by atoms with Crippen molar-refractivity contribution in [2.24, 2.45) is 0 Å². The van der Waals surface area contributed by atoms with Crippen molar-refractivity contribution in [3.05, 3.63) is 23.0 Å². The molecule has 0 fully saturated rings. The van der Waals surface area contributed by atoms with Crippen molar-refractivity contribution in [1.29, 1.82) is 0 Å². The zero-order valence-corrected chi connectivity index (χ0v) is 11.8. The third kappa shape index (κ3) is 4.87. The van der Waals surface area contributed by atoms with Gasteiger partial charge in [-0.1, -0.05) is 0 Å². The highest BCUT2D eigenvalue weighted by Crippen LogP contribution is 2.19. The molecule has 1 heterocycles. The van der Waals surface area contributed by atoms with Crippen LogP contribution in [0.5, 0.6) is 0 Å². The van der Waals surface area contributed by atoms with E-state index < -0.39 is 5.97 Å². The van der Waals surface area contributed by atoms with E-state index in [9.17, 15) is 9.90 Å². The number of aromatic nitrogens is 1. The number of anilines is 1. The van der Waals surface area contributed by atoms with E-state index >= 15 is 0 Å². The summed E-state index contributed by atoms with van der Waals surface area (Å²) in [5.41, 5.74) is 2.30. The molecule has 0 aromatic carbocycles. The summed E-state index contributed by atoms with van der Waals surface area (Å²) >= 11 is 0. The summed E-state index contributed by atoms with van der Waals surface area (Å²) in [7, 11) is 1.69. The lowest BCUT2D eigenvalue weighted by Gasteiger charge is -2.12. The number of rotatable bonds is 8. The Kier molecular flexibility index (Phi) is 6.29. The van der Waals surface area contributed by atoms with Gasteiger partial charge in [0.05, 0.1) is 11.4 Å². The van der Waals surface area contributed by atoms with Gasteiger partial charge in [-0.3, -0.25) is 4.98 Å². The van der Waals surface area contributed by atoms with Crippen molar-refractivity contribution >= 4 is 11.7 Å². The Balaban J connectivity index is 2.59. The first-order valence-electron chi connectivity index (χ1n) is 6.50. The maximum atomic E-state index is 11.2. The second-order valence-corrected chi connectivity index (χ2v) is 4.56. The Morgan fingerprint density at radius 1 is 1.37 bits per heavy atom. The minimum atomic E-state index is -0.938. The second kappa shape index (κ2) is 7.74. The van der Waals surface area contributed by atoms with Crippen LogP contribution in [0.3, 0.4) is 0 Å². The number of methoxy groups -OCH3 is 1. The fourth-order valence-electron chi connectivity index (χ4n) is 2.01. The Morgan fingerprint density at radius 2 is 2.11 bits per heavy atom.